The summed E-state index contributed by atoms with van der Waals surface area (Å²) in [6, 6.07) is 8.09. The van der Waals surface area contributed by atoms with Gasteiger partial charge in [-0.1, -0.05) is 6.07 Å². The summed E-state index contributed by atoms with van der Waals surface area (Å²) in [6.07, 6.45) is 0. The van der Waals surface area contributed by atoms with E-state index in [9.17, 15) is 14.9 Å². The molecule has 1 aromatic carbocycles. The molecule has 3 N–H and O–H groups in total. The van der Waals surface area contributed by atoms with Crippen LogP contribution in [-0.4, -0.2) is 32.1 Å². The second-order valence-electron chi connectivity index (χ2n) is 6.05. The molecule has 10 heteroatoms. The molecule has 2 aromatic heterocycles. The summed E-state index contributed by atoms with van der Waals surface area (Å²) < 4.78 is 0. The summed E-state index contributed by atoms with van der Waals surface area (Å²) >= 11 is 1.53. The number of thiophene rings is 1. The monoisotopic (exact) mass is 386 g/mol. The van der Waals surface area contributed by atoms with Crippen LogP contribution in [0.15, 0.2) is 35.7 Å². The summed E-state index contributed by atoms with van der Waals surface area (Å²) in [5.74, 6) is 0.779. The number of benzene rings is 1. The molecule has 0 spiro atoms. The average molecular weight is 386 g/mol. The highest BCUT2D eigenvalue weighted by Gasteiger charge is 2.18. The zero-order chi connectivity index (χ0) is 19.4. The van der Waals surface area contributed by atoms with E-state index in [4.69, 9.17) is 0 Å². The maximum Gasteiger partial charge on any atom is 0.293 e. The molecule has 0 fully saturated rings. The number of anilines is 1. The number of hydrogen-bond acceptors (Lipinski definition) is 7. The molecule has 0 radical (unpaired) electrons. The van der Waals surface area contributed by atoms with E-state index in [0.717, 1.165) is 4.88 Å². The van der Waals surface area contributed by atoms with Gasteiger partial charge in [0.1, 0.15) is 11.5 Å². The number of aromatic nitrogens is 3. The smallest absolute Gasteiger partial charge is 0.293 e. The Hall–Kier alpha value is -3.27. The van der Waals surface area contributed by atoms with Crippen molar-refractivity contribution in [3.8, 4) is 10.7 Å². The van der Waals surface area contributed by atoms with E-state index in [1.54, 1.807) is 6.07 Å². The van der Waals surface area contributed by atoms with Gasteiger partial charge in [-0.05, 0) is 37.4 Å². The standard InChI is InChI=1S/C17H18N6O3S/c1-10(2)19-17(24)11-5-6-12(13(8-11)23(25)26)18-9-15-20-16(22-21-15)14-4-3-7-27-14/h3-8,10,18H,9H2,1-2H3,(H,19,24)(H,20,21,22). The van der Waals surface area contributed by atoms with E-state index in [1.807, 2.05) is 31.4 Å². The van der Waals surface area contributed by atoms with Gasteiger partial charge >= 0.3 is 0 Å². The third-order valence-corrected chi connectivity index (χ3v) is 4.46. The maximum atomic E-state index is 12.1. The lowest BCUT2D eigenvalue weighted by molar-refractivity contribution is -0.384. The number of nitro groups is 1. The first kappa shape index (κ1) is 18.5. The van der Waals surface area contributed by atoms with Crippen molar-refractivity contribution in [2.24, 2.45) is 0 Å². The van der Waals surface area contributed by atoms with Crippen molar-refractivity contribution in [3.05, 3.63) is 57.2 Å². The summed E-state index contributed by atoms with van der Waals surface area (Å²) in [7, 11) is 0. The highest BCUT2D eigenvalue weighted by molar-refractivity contribution is 7.13. The number of amides is 1. The fourth-order valence-corrected chi connectivity index (χ4v) is 3.05. The van der Waals surface area contributed by atoms with Gasteiger partial charge in [-0.25, -0.2) is 4.98 Å². The molecule has 0 unspecified atom stereocenters. The fourth-order valence-electron chi connectivity index (χ4n) is 2.39. The van der Waals surface area contributed by atoms with Crippen molar-refractivity contribution < 1.29 is 9.72 Å². The molecule has 9 nitrogen and oxygen atoms in total. The lowest BCUT2D eigenvalue weighted by Gasteiger charge is -2.10. The zero-order valence-electron chi connectivity index (χ0n) is 14.7. The van der Waals surface area contributed by atoms with Crippen LogP contribution in [0.3, 0.4) is 0 Å². The van der Waals surface area contributed by atoms with Gasteiger partial charge in [0.25, 0.3) is 11.6 Å². The SMILES string of the molecule is CC(C)NC(=O)c1ccc(NCc2nc(-c3cccs3)n[nH]2)c([N+](=O)[O-])c1. The summed E-state index contributed by atoms with van der Waals surface area (Å²) in [4.78, 5) is 28.2. The van der Waals surface area contributed by atoms with Crippen molar-refractivity contribution >= 4 is 28.6 Å². The second-order valence-corrected chi connectivity index (χ2v) is 7.00. The van der Waals surface area contributed by atoms with Gasteiger partial charge in [-0.2, -0.15) is 5.10 Å². The van der Waals surface area contributed by atoms with E-state index in [-0.39, 0.29) is 29.7 Å². The van der Waals surface area contributed by atoms with Gasteiger partial charge in [-0.15, -0.1) is 11.3 Å². The molecule has 0 saturated heterocycles. The first-order valence-corrected chi connectivity index (χ1v) is 9.10. The van der Waals surface area contributed by atoms with E-state index in [1.165, 1.54) is 23.5 Å². The van der Waals surface area contributed by atoms with E-state index >= 15 is 0 Å². The van der Waals surface area contributed by atoms with Crippen LogP contribution in [-0.2, 0) is 6.54 Å². The molecule has 1 amide bonds. The first-order chi connectivity index (χ1) is 12.9. The Balaban J connectivity index is 1.74. The topological polar surface area (TPSA) is 126 Å². The van der Waals surface area contributed by atoms with Gasteiger partial charge < -0.3 is 10.6 Å². The molecule has 0 aliphatic heterocycles. The van der Waals surface area contributed by atoms with Crippen molar-refractivity contribution in [2.75, 3.05) is 5.32 Å². The Labute approximate surface area is 159 Å². The van der Waals surface area contributed by atoms with Crippen LogP contribution in [0.1, 0.15) is 30.0 Å². The Bertz CT molecular complexity index is 951. The lowest BCUT2D eigenvalue weighted by Crippen LogP contribution is -2.30. The largest absolute Gasteiger partial charge is 0.372 e. The van der Waals surface area contributed by atoms with Crippen LogP contribution in [0.4, 0.5) is 11.4 Å². The highest BCUT2D eigenvalue weighted by atomic mass is 32.1. The molecule has 0 aliphatic carbocycles. The van der Waals surface area contributed by atoms with Gasteiger partial charge in [0.05, 0.1) is 16.3 Å². The van der Waals surface area contributed by atoms with Crippen molar-refractivity contribution in [1.29, 1.82) is 0 Å². The molecule has 0 bridgehead atoms. The van der Waals surface area contributed by atoms with Crippen molar-refractivity contribution in [1.82, 2.24) is 20.5 Å². The number of carbonyl (C=O) groups is 1. The minimum Gasteiger partial charge on any atom is -0.372 e. The molecule has 0 aliphatic rings. The number of rotatable bonds is 7. The minimum absolute atomic E-state index is 0.0571. The normalized spacial score (nSPS) is 10.8. The van der Waals surface area contributed by atoms with Crippen LogP contribution in [0.25, 0.3) is 10.7 Å². The zero-order valence-corrected chi connectivity index (χ0v) is 15.5. The molecule has 0 saturated carbocycles. The third-order valence-electron chi connectivity index (χ3n) is 3.60. The Morgan fingerprint density at radius 2 is 2.19 bits per heavy atom. The van der Waals surface area contributed by atoms with Gasteiger partial charge in [0.2, 0.25) is 0 Å². The van der Waals surface area contributed by atoms with Gasteiger partial charge in [0, 0.05) is 17.7 Å². The fraction of sp³-hybridized carbons (Fsp3) is 0.235. The summed E-state index contributed by atoms with van der Waals surface area (Å²) in [5, 5.41) is 26.0. The van der Waals surface area contributed by atoms with Crippen molar-refractivity contribution in [3.63, 3.8) is 0 Å². The highest BCUT2D eigenvalue weighted by Crippen LogP contribution is 2.26. The van der Waals surface area contributed by atoms with E-state index in [0.29, 0.717) is 17.3 Å². The number of nitrogens with one attached hydrogen (secondary N) is 3. The number of nitro benzene ring substituents is 1. The summed E-state index contributed by atoms with van der Waals surface area (Å²) in [6.45, 7) is 3.88. The number of nitrogens with zero attached hydrogens (tertiary/aromatic N) is 3. The quantitative estimate of drug-likeness (QED) is 0.423. The number of H-pyrrole nitrogens is 1. The first-order valence-electron chi connectivity index (χ1n) is 8.22. The summed E-state index contributed by atoms with van der Waals surface area (Å²) in [5.41, 5.74) is 0.361. The van der Waals surface area contributed by atoms with Crippen LogP contribution in [0.5, 0.6) is 0 Å². The lowest BCUT2D eigenvalue weighted by atomic mass is 10.1. The van der Waals surface area contributed by atoms with Crippen LogP contribution < -0.4 is 10.6 Å². The molecule has 3 aromatic rings. The number of carbonyl (C=O) groups excluding carboxylic acids is 1. The molecular formula is C17H18N6O3S. The molecule has 27 heavy (non-hydrogen) atoms. The van der Waals surface area contributed by atoms with Crippen molar-refractivity contribution in [2.45, 2.75) is 26.4 Å². The molecule has 140 valence electrons. The maximum absolute atomic E-state index is 12.1. The van der Waals surface area contributed by atoms with Gasteiger partial charge in [-0.3, -0.25) is 20.0 Å². The Morgan fingerprint density at radius 1 is 1.37 bits per heavy atom. The molecular weight excluding hydrogens is 368 g/mol. The average Bonchev–Trinajstić information content (AvgIpc) is 3.30. The van der Waals surface area contributed by atoms with Crippen LogP contribution in [0, 0.1) is 10.1 Å². The predicted molar refractivity (Wildman–Crippen MR) is 103 cm³/mol. The third kappa shape index (κ3) is 4.47. The van der Waals surface area contributed by atoms with Gasteiger partial charge in [0.15, 0.2) is 5.82 Å². The van der Waals surface area contributed by atoms with Crippen LogP contribution >= 0.6 is 11.3 Å². The molecule has 3 rings (SSSR count). The number of aromatic amines is 1. The Morgan fingerprint density at radius 3 is 2.85 bits per heavy atom. The van der Waals surface area contributed by atoms with E-state index < -0.39 is 4.92 Å². The Kier molecular flexibility index (Phi) is 5.46. The number of hydrogen-bond donors (Lipinski definition) is 3. The van der Waals surface area contributed by atoms with E-state index in [2.05, 4.69) is 25.8 Å². The second kappa shape index (κ2) is 7.96. The van der Waals surface area contributed by atoms with Crippen LogP contribution in [0.2, 0.25) is 0 Å². The molecule has 0 atom stereocenters. The predicted octanol–water partition coefficient (Wildman–Crippen LogP) is 3.19. The molecule has 2 heterocycles. The minimum atomic E-state index is -0.522.